The molecule has 6 nitrogen and oxygen atoms in total. The van der Waals surface area contributed by atoms with Crippen molar-refractivity contribution in [3.8, 4) is 17.8 Å². The van der Waals surface area contributed by atoms with Gasteiger partial charge in [0.25, 0.3) is 0 Å². The number of nitrogens with one attached hydrogen (secondary N) is 1. The molecule has 20 heavy (non-hydrogen) atoms. The van der Waals surface area contributed by atoms with Crippen LogP contribution in [0.4, 0.5) is 5.95 Å². The van der Waals surface area contributed by atoms with Crippen LogP contribution < -0.4 is 14.8 Å². The van der Waals surface area contributed by atoms with Crippen LogP contribution in [-0.4, -0.2) is 28.6 Å². The monoisotopic (exact) mass is 274 g/mol. The number of anilines is 1. The maximum atomic E-state index is 5.61. The van der Waals surface area contributed by atoms with E-state index < -0.39 is 0 Å². The second-order valence-electron chi connectivity index (χ2n) is 4.27. The highest BCUT2D eigenvalue weighted by Gasteiger charge is 2.08. The maximum absolute atomic E-state index is 5.61. The highest BCUT2D eigenvalue weighted by Crippen LogP contribution is 2.20. The lowest BCUT2D eigenvalue weighted by atomic mass is 10.2. The fourth-order valence-electron chi connectivity index (χ4n) is 1.50. The average Bonchev–Trinajstić information content (AvgIpc) is 2.47. The largest absolute Gasteiger partial charge is 0.467 e. The summed E-state index contributed by atoms with van der Waals surface area (Å²) in [6.07, 6.45) is 0.974. The van der Waals surface area contributed by atoms with Crippen LogP contribution in [0.5, 0.6) is 17.8 Å². The summed E-state index contributed by atoms with van der Waals surface area (Å²) in [7, 11) is 1.51. The topological polar surface area (TPSA) is 69.2 Å². The molecular formula is C14H18N4O2. The number of aromatic nitrogens is 3. The molecule has 0 aliphatic rings. The van der Waals surface area contributed by atoms with Crippen LogP contribution >= 0.6 is 0 Å². The number of hydrogen-bond donors (Lipinski definition) is 1. The lowest BCUT2D eigenvalue weighted by Gasteiger charge is -2.08. The first-order valence-electron chi connectivity index (χ1n) is 6.49. The van der Waals surface area contributed by atoms with Crippen molar-refractivity contribution >= 4 is 5.95 Å². The summed E-state index contributed by atoms with van der Waals surface area (Å²) in [5.41, 5.74) is 1.16. The third-order valence-corrected chi connectivity index (χ3v) is 2.54. The van der Waals surface area contributed by atoms with E-state index >= 15 is 0 Å². The molecule has 0 bridgehead atoms. The van der Waals surface area contributed by atoms with Crippen molar-refractivity contribution in [1.82, 2.24) is 15.0 Å². The molecule has 0 fully saturated rings. The maximum Gasteiger partial charge on any atom is 0.330 e. The van der Waals surface area contributed by atoms with Gasteiger partial charge in [0.1, 0.15) is 5.75 Å². The Kier molecular flexibility index (Phi) is 4.70. The first-order chi connectivity index (χ1) is 9.71. The van der Waals surface area contributed by atoms with Gasteiger partial charge in [-0.05, 0) is 25.5 Å². The fraction of sp³-hybridized carbons (Fsp3) is 0.357. The van der Waals surface area contributed by atoms with Crippen molar-refractivity contribution in [2.75, 3.05) is 19.0 Å². The van der Waals surface area contributed by atoms with Gasteiger partial charge in [0, 0.05) is 6.54 Å². The van der Waals surface area contributed by atoms with E-state index in [-0.39, 0.29) is 12.0 Å². The van der Waals surface area contributed by atoms with Gasteiger partial charge >= 0.3 is 12.0 Å². The SMILES string of the molecule is CCCNc1nc(OC)nc(Oc2ccc(C)cc2)n1. The summed E-state index contributed by atoms with van der Waals surface area (Å²) in [5.74, 6) is 1.12. The Morgan fingerprint density at radius 2 is 1.75 bits per heavy atom. The summed E-state index contributed by atoms with van der Waals surface area (Å²) in [6.45, 7) is 4.86. The Bertz CT molecular complexity index is 558. The van der Waals surface area contributed by atoms with E-state index in [1.807, 2.05) is 31.2 Å². The summed E-state index contributed by atoms with van der Waals surface area (Å²) >= 11 is 0. The van der Waals surface area contributed by atoms with Gasteiger partial charge in [-0.25, -0.2) is 0 Å². The van der Waals surface area contributed by atoms with E-state index in [2.05, 4.69) is 27.2 Å². The van der Waals surface area contributed by atoms with Crippen LogP contribution in [0.1, 0.15) is 18.9 Å². The summed E-state index contributed by atoms with van der Waals surface area (Å²) in [4.78, 5) is 12.4. The van der Waals surface area contributed by atoms with Gasteiger partial charge in [0.05, 0.1) is 7.11 Å². The van der Waals surface area contributed by atoms with E-state index in [9.17, 15) is 0 Å². The van der Waals surface area contributed by atoms with Crippen molar-refractivity contribution in [3.05, 3.63) is 29.8 Å². The minimum atomic E-state index is 0.208. The van der Waals surface area contributed by atoms with Crippen LogP contribution in [0, 0.1) is 6.92 Å². The molecule has 2 aromatic rings. The lowest BCUT2D eigenvalue weighted by Crippen LogP contribution is -2.07. The van der Waals surface area contributed by atoms with Gasteiger partial charge < -0.3 is 14.8 Å². The van der Waals surface area contributed by atoms with E-state index in [0.717, 1.165) is 18.5 Å². The predicted octanol–water partition coefficient (Wildman–Crippen LogP) is 2.80. The normalized spacial score (nSPS) is 10.2. The van der Waals surface area contributed by atoms with Gasteiger partial charge in [0.15, 0.2) is 0 Å². The quantitative estimate of drug-likeness (QED) is 0.873. The van der Waals surface area contributed by atoms with E-state index in [1.165, 1.54) is 7.11 Å². The molecule has 1 N–H and O–H groups in total. The molecule has 1 aromatic carbocycles. The lowest BCUT2D eigenvalue weighted by molar-refractivity contribution is 0.360. The molecule has 6 heteroatoms. The number of benzene rings is 1. The van der Waals surface area contributed by atoms with Crippen molar-refractivity contribution in [3.63, 3.8) is 0 Å². The Hall–Kier alpha value is -2.37. The molecule has 0 aliphatic carbocycles. The Morgan fingerprint density at radius 3 is 2.40 bits per heavy atom. The second-order valence-corrected chi connectivity index (χ2v) is 4.27. The highest BCUT2D eigenvalue weighted by molar-refractivity contribution is 5.31. The molecule has 0 unspecified atom stereocenters. The smallest absolute Gasteiger partial charge is 0.330 e. The third kappa shape index (κ3) is 3.81. The standard InChI is InChI=1S/C14H18N4O2/c1-4-9-15-12-16-13(19-3)18-14(17-12)20-11-7-5-10(2)6-8-11/h5-8H,4,9H2,1-3H3,(H,15,16,17,18). The zero-order valence-electron chi connectivity index (χ0n) is 11.9. The molecule has 106 valence electrons. The van der Waals surface area contributed by atoms with Gasteiger partial charge in [-0.2, -0.15) is 9.97 Å². The first kappa shape index (κ1) is 14.0. The molecule has 0 aliphatic heterocycles. The number of ether oxygens (including phenoxy) is 2. The van der Waals surface area contributed by atoms with Crippen molar-refractivity contribution in [2.24, 2.45) is 0 Å². The van der Waals surface area contributed by atoms with Gasteiger partial charge in [0.2, 0.25) is 5.95 Å². The van der Waals surface area contributed by atoms with E-state index in [4.69, 9.17) is 9.47 Å². The summed E-state index contributed by atoms with van der Waals surface area (Å²) < 4.78 is 10.7. The first-order valence-corrected chi connectivity index (χ1v) is 6.49. The zero-order chi connectivity index (χ0) is 14.4. The molecular weight excluding hydrogens is 256 g/mol. The third-order valence-electron chi connectivity index (χ3n) is 2.54. The summed E-state index contributed by atoms with van der Waals surface area (Å²) in [5, 5.41) is 3.08. The van der Waals surface area contributed by atoms with Crippen LogP contribution in [0.15, 0.2) is 24.3 Å². The van der Waals surface area contributed by atoms with Crippen molar-refractivity contribution in [1.29, 1.82) is 0 Å². The molecule has 0 saturated heterocycles. The Morgan fingerprint density at radius 1 is 1.05 bits per heavy atom. The number of nitrogens with zero attached hydrogens (tertiary/aromatic N) is 3. The molecule has 0 atom stereocenters. The minimum absolute atomic E-state index is 0.208. The van der Waals surface area contributed by atoms with Gasteiger partial charge in [-0.15, -0.1) is 4.98 Å². The van der Waals surface area contributed by atoms with Crippen LogP contribution in [0.3, 0.4) is 0 Å². The predicted molar refractivity (Wildman–Crippen MR) is 76.4 cm³/mol. The number of aryl methyl sites for hydroxylation is 1. The summed E-state index contributed by atoms with van der Waals surface area (Å²) in [6, 6.07) is 8.09. The molecule has 0 radical (unpaired) electrons. The van der Waals surface area contributed by atoms with Crippen LogP contribution in [-0.2, 0) is 0 Å². The highest BCUT2D eigenvalue weighted by atomic mass is 16.5. The molecule has 1 aromatic heterocycles. The molecule has 0 spiro atoms. The van der Waals surface area contributed by atoms with Crippen molar-refractivity contribution in [2.45, 2.75) is 20.3 Å². The molecule has 0 saturated carbocycles. The van der Waals surface area contributed by atoms with Crippen molar-refractivity contribution < 1.29 is 9.47 Å². The minimum Gasteiger partial charge on any atom is -0.467 e. The van der Waals surface area contributed by atoms with E-state index in [1.54, 1.807) is 0 Å². The zero-order valence-corrected chi connectivity index (χ0v) is 11.9. The van der Waals surface area contributed by atoms with E-state index in [0.29, 0.717) is 11.7 Å². The van der Waals surface area contributed by atoms with Crippen LogP contribution in [0.25, 0.3) is 0 Å². The van der Waals surface area contributed by atoms with Crippen LogP contribution in [0.2, 0.25) is 0 Å². The van der Waals surface area contributed by atoms with Gasteiger partial charge in [-0.1, -0.05) is 24.6 Å². The number of hydrogen-bond acceptors (Lipinski definition) is 6. The van der Waals surface area contributed by atoms with Gasteiger partial charge in [-0.3, -0.25) is 0 Å². The average molecular weight is 274 g/mol. The molecule has 2 rings (SSSR count). The number of rotatable bonds is 6. The molecule has 1 heterocycles. The molecule has 0 amide bonds. The second kappa shape index (κ2) is 6.70. The fourth-order valence-corrected chi connectivity index (χ4v) is 1.50. The Balaban J connectivity index is 2.19. The number of methoxy groups -OCH3 is 1. The Labute approximate surface area is 118 Å².